The van der Waals surface area contributed by atoms with E-state index < -0.39 is 17.7 Å². The van der Waals surface area contributed by atoms with Gasteiger partial charge in [0.05, 0.1) is 43.6 Å². The highest BCUT2D eigenvalue weighted by Crippen LogP contribution is 2.43. The number of hydrogen-bond donors (Lipinski definition) is 1. The normalized spacial score (nSPS) is 17.2. The first-order valence-corrected chi connectivity index (χ1v) is 10.8. The summed E-state index contributed by atoms with van der Waals surface area (Å²) in [5.41, 5.74) is 3.33. The highest BCUT2D eigenvalue weighted by atomic mass is 16.5. The number of aryl methyl sites for hydroxylation is 2. The number of carbonyl (C=O) groups is 2. The van der Waals surface area contributed by atoms with Crippen LogP contribution in [-0.2, 0) is 16.1 Å². The number of nitrogens with zero attached hydrogens (tertiary/aromatic N) is 2. The van der Waals surface area contributed by atoms with Gasteiger partial charge in [-0.25, -0.2) is 0 Å². The molecule has 2 heterocycles. The van der Waals surface area contributed by atoms with E-state index in [0.717, 1.165) is 11.1 Å². The SMILES string of the molecule is COc1cccc(C2/C(=C(\O)c3cc(C)cc(C)c3OC)C(=O)C(=O)N2Cc2ccccn2)c1. The molecular weight excluding hydrogens is 432 g/mol. The van der Waals surface area contributed by atoms with Crippen molar-refractivity contribution in [2.24, 2.45) is 0 Å². The van der Waals surface area contributed by atoms with Crippen LogP contribution in [0.3, 0.4) is 0 Å². The smallest absolute Gasteiger partial charge is 0.296 e. The summed E-state index contributed by atoms with van der Waals surface area (Å²) in [6, 6.07) is 15.4. The van der Waals surface area contributed by atoms with Gasteiger partial charge in [0, 0.05) is 6.20 Å². The molecule has 7 nitrogen and oxygen atoms in total. The molecule has 7 heteroatoms. The van der Waals surface area contributed by atoms with Crippen LogP contribution >= 0.6 is 0 Å². The number of hydrogen-bond acceptors (Lipinski definition) is 6. The van der Waals surface area contributed by atoms with E-state index >= 15 is 0 Å². The number of methoxy groups -OCH3 is 2. The number of carbonyl (C=O) groups excluding carboxylic acids is 2. The van der Waals surface area contributed by atoms with E-state index in [-0.39, 0.29) is 17.9 Å². The van der Waals surface area contributed by atoms with Gasteiger partial charge in [0.2, 0.25) is 0 Å². The van der Waals surface area contributed by atoms with E-state index in [4.69, 9.17) is 9.47 Å². The van der Waals surface area contributed by atoms with Crippen molar-refractivity contribution in [3.63, 3.8) is 0 Å². The van der Waals surface area contributed by atoms with Crippen molar-refractivity contribution in [3.8, 4) is 11.5 Å². The zero-order valence-electron chi connectivity index (χ0n) is 19.5. The molecule has 0 radical (unpaired) electrons. The van der Waals surface area contributed by atoms with E-state index in [1.54, 1.807) is 55.8 Å². The van der Waals surface area contributed by atoms with Crippen LogP contribution in [0.25, 0.3) is 5.76 Å². The van der Waals surface area contributed by atoms with Gasteiger partial charge in [-0.2, -0.15) is 0 Å². The molecule has 2 aromatic carbocycles. The number of ether oxygens (including phenoxy) is 2. The van der Waals surface area contributed by atoms with Crippen LogP contribution in [0.4, 0.5) is 0 Å². The number of likely N-dealkylation sites (tertiary alicyclic amines) is 1. The molecule has 1 aliphatic heterocycles. The Morgan fingerprint density at radius 2 is 1.82 bits per heavy atom. The Bertz CT molecular complexity index is 1280. The maximum atomic E-state index is 13.3. The third kappa shape index (κ3) is 4.12. The van der Waals surface area contributed by atoms with Gasteiger partial charge in [-0.05, 0) is 60.9 Å². The van der Waals surface area contributed by atoms with Gasteiger partial charge in [0.25, 0.3) is 11.7 Å². The lowest BCUT2D eigenvalue weighted by atomic mass is 9.93. The van der Waals surface area contributed by atoms with Gasteiger partial charge in [0.15, 0.2) is 0 Å². The Hall–Kier alpha value is -4.13. The zero-order valence-corrected chi connectivity index (χ0v) is 19.5. The largest absolute Gasteiger partial charge is 0.507 e. The molecule has 1 unspecified atom stereocenters. The summed E-state index contributed by atoms with van der Waals surface area (Å²) in [6.07, 6.45) is 1.63. The Morgan fingerprint density at radius 3 is 2.50 bits per heavy atom. The van der Waals surface area contributed by atoms with Gasteiger partial charge >= 0.3 is 0 Å². The van der Waals surface area contributed by atoms with E-state index in [1.165, 1.54) is 12.0 Å². The van der Waals surface area contributed by atoms with E-state index in [0.29, 0.717) is 28.3 Å². The fourth-order valence-corrected chi connectivity index (χ4v) is 4.41. The molecule has 3 aromatic rings. The second kappa shape index (κ2) is 9.39. The molecule has 0 bridgehead atoms. The number of aliphatic hydroxyl groups excluding tert-OH is 1. The van der Waals surface area contributed by atoms with Crippen LogP contribution in [0, 0.1) is 13.8 Å². The number of Topliss-reactive ketones (excluding diaryl/α,β-unsaturated/α-hetero) is 1. The summed E-state index contributed by atoms with van der Waals surface area (Å²) in [6.45, 7) is 3.86. The van der Waals surface area contributed by atoms with Gasteiger partial charge in [-0.15, -0.1) is 0 Å². The van der Waals surface area contributed by atoms with Crippen LogP contribution < -0.4 is 9.47 Å². The molecule has 0 aliphatic carbocycles. The lowest BCUT2D eigenvalue weighted by Crippen LogP contribution is -2.29. The van der Waals surface area contributed by atoms with Crippen LogP contribution in [0.2, 0.25) is 0 Å². The van der Waals surface area contributed by atoms with Crippen molar-refractivity contribution in [2.75, 3.05) is 14.2 Å². The molecule has 1 aliphatic rings. The van der Waals surface area contributed by atoms with Crippen molar-refractivity contribution < 1.29 is 24.2 Å². The first-order chi connectivity index (χ1) is 16.3. The fourth-order valence-electron chi connectivity index (χ4n) is 4.41. The third-order valence-corrected chi connectivity index (χ3v) is 5.89. The molecule has 0 spiro atoms. The minimum atomic E-state index is -0.831. The van der Waals surface area contributed by atoms with Crippen LogP contribution in [0.1, 0.15) is 34.0 Å². The van der Waals surface area contributed by atoms with Crippen molar-refractivity contribution in [1.82, 2.24) is 9.88 Å². The van der Waals surface area contributed by atoms with Crippen LogP contribution in [0.5, 0.6) is 11.5 Å². The summed E-state index contributed by atoms with van der Waals surface area (Å²) in [4.78, 5) is 32.3. The predicted molar refractivity (Wildman–Crippen MR) is 128 cm³/mol. The third-order valence-electron chi connectivity index (χ3n) is 5.89. The van der Waals surface area contributed by atoms with Gasteiger partial charge in [-0.1, -0.05) is 24.3 Å². The van der Waals surface area contributed by atoms with E-state index in [1.807, 2.05) is 26.0 Å². The molecular formula is C27H26N2O5. The number of rotatable bonds is 6. The van der Waals surface area contributed by atoms with Gasteiger partial charge in [-0.3, -0.25) is 14.6 Å². The molecule has 174 valence electrons. The molecule has 1 fully saturated rings. The summed E-state index contributed by atoms with van der Waals surface area (Å²) in [5, 5.41) is 11.5. The number of amides is 1. The number of ketones is 1. The van der Waals surface area contributed by atoms with Crippen molar-refractivity contribution in [2.45, 2.75) is 26.4 Å². The molecule has 1 saturated heterocycles. The number of aliphatic hydroxyl groups is 1. The Balaban J connectivity index is 1.94. The lowest BCUT2D eigenvalue weighted by Gasteiger charge is -2.25. The highest BCUT2D eigenvalue weighted by molar-refractivity contribution is 6.46. The van der Waals surface area contributed by atoms with Crippen LogP contribution in [-0.4, -0.2) is 40.9 Å². The monoisotopic (exact) mass is 458 g/mol. The molecule has 1 amide bonds. The molecule has 1 aromatic heterocycles. The molecule has 0 saturated carbocycles. The Kier molecular flexibility index (Phi) is 6.36. The van der Waals surface area contributed by atoms with Crippen LogP contribution in [0.15, 0.2) is 66.4 Å². The summed E-state index contributed by atoms with van der Waals surface area (Å²) < 4.78 is 10.9. The topological polar surface area (TPSA) is 89.0 Å². The minimum absolute atomic E-state index is 0.00233. The molecule has 4 rings (SSSR count). The van der Waals surface area contributed by atoms with Crippen molar-refractivity contribution in [1.29, 1.82) is 0 Å². The van der Waals surface area contributed by atoms with Crippen molar-refractivity contribution >= 4 is 17.4 Å². The zero-order chi connectivity index (χ0) is 24.4. The fraction of sp³-hybridized carbons (Fsp3) is 0.222. The minimum Gasteiger partial charge on any atom is -0.507 e. The summed E-state index contributed by atoms with van der Waals surface area (Å²) >= 11 is 0. The standard InChI is InChI=1S/C27H26N2O5/c1-16-12-17(2)26(34-4)21(13-16)24(30)22-23(18-8-7-10-20(14-18)33-3)29(27(32)25(22)31)15-19-9-5-6-11-28-19/h5-14,23,30H,15H2,1-4H3/b24-22+. The number of aromatic nitrogens is 1. The number of benzene rings is 2. The second-order valence-corrected chi connectivity index (χ2v) is 8.19. The Labute approximate surface area is 198 Å². The number of pyridine rings is 1. The predicted octanol–water partition coefficient (Wildman–Crippen LogP) is 4.34. The quantitative estimate of drug-likeness (QED) is 0.336. The van der Waals surface area contributed by atoms with Crippen molar-refractivity contribution in [3.05, 3.63) is 94.3 Å². The molecule has 1 atom stereocenters. The molecule has 34 heavy (non-hydrogen) atoms. The second-order valence-electron chi connectivity index (χ2n) is 8.19. The average Bonchev–Trinajstić information content (AvgIpc) is 3.08. The summed E-state index contributed by atoms with van der Waals surface area (Å²) in [7, 11) is 3.05. The maximum Gasteiger partial charge on any atom is 0.296 e. The Morgan fingerprint density at radius 1 is 1.03 bits per heavy atom. The molecule has 1 N–H and O–H groups in total. The first kappa shape index (κ1) is 23.0. The van der Waals surface area contributed by atoms with Gasteiger partial charge < -0.3 is 19.5 Å². The average molecular weight is 459 g/mol. The van der Waals surface area contributed by atoms with E-state index in [2.05, 4.69) is 4.98 Å². The maximum absolute atomic E-state index is 13.3. The van der Waals surface area contributed by atoms with E-state index in [9.17, 15) is 14.7 Å². The first-order valence-electron chi connectivity index (χ1n) is 10.8. The lowest BCUT2D eigenvalue weighted by molar-refractivity contribution is -0.140. The van der Waals surface area contributed by atoms with Gasteiger partial charge in [0.1, 0.15) is 17.3 Å². The summed E-state index contributed by atoms with van der Waals surface area (Å²) in [5.74, 6) is -0.725. The highest BCUT2D eigenvalue weighted by Gasteiger charge is 2.46.